The molecule has 0 heterocycles. The monoisotopic (exact) mass is 907 g/mol. The van der Waals surface area contributed by atoms with Gasteiger partial charge in [0.15, 0.2) is 52.4 Å². The van der Waals surface area contributed by atoms with Crippen molar-refractivity contribution in [2.75, 3.05) is 19.6 Å². The van der Waals surface area contributed by atoms with Gasteiger partial charge in [-0.25, -0.2) is 43.9 Å². The molecule has 0 N–H and O–H groups in total. The molecule has 4 nitrogen and oxygen atoms in total. The summed E-state index contributed by atoms with van der Waals surface area (Å²) in [4.78, 5) is 0. The highest BCUT2D eigenvalue weighted by molar-refractivity contribution is 6.39. The van der Waals surface area contributed by atoms with E-state index < -0.39 is 100 Å². The molecule has 0 aliphatic carbocycles. The fourth-order valence-corrected chi connectivity index (χ4v) is 7.40. The first kappa shape index (κ1) is 52.8. The van der Waals surface area contributed by atoms with Gasteiger partial charge in [-0.1, -0.05) is 84.0 Å². The Labute approximate surface area is 362 Å². The minimum absolute atomic E-state index is 0.228. The van der Waals surface area contributed by atoms with Crippen LogP contribution in [-0.2, 0) is 0 Å². The Morgan fingerprint density at radius 2 is 0.810 bits per heavy atom. The summed E-state index contributed by atoms with van der Waals surface area (Å²) in [6.45, 7) is 9.24. The van der Waals surface area contributed by atoms with Crippen LogP contribution in [0, 0.1) is 75.9 Å². The Kier molecular flexibility index (Phi) is 22.0. The van der Waals surface area contributed by atoms with Gasteiger partial charge >= 0.3 is 7.32 Å². The van der Waals surface area contributed by atoms with E-state index in [1.165, 1.54) is 44.9 Å². The standard InChI is InChI=1S/C40H52BF9NO3.C6H2F3/c1-5-9-10-11-12-13-14-15-16-17-18-19-20-21-34(51(6-2,7-3)8-4)36-35(26-33(46)39(49)40(36)50)54-41(52-27-22-29(42)37(47)30(43)23-27)53-28-24-31(44)38(48)32(45)25-28;7-4-2-1-3-5(8)6(4)9/h22-26,34H,5-21H2,1-4H3;2-3H/q+1;-1. The average molecular weight is 908 g/mol. The molecule has 1 unspecified atom stereocenters. The fraction of sp³-hybridized carbons (Fsp3) is 0.478. The third-order valence-corrected chi connectivity index (χ3v) is 11.1. The predicted octanol–water partition coefficient (Wildman–Crippen LogP) is 14.8. The SMILES string of the molecule is CCCCCCCCCCCCCCCC(c1c(OB(Oc2cc(F)c(F)c(F)c2)Oc2cc(F)c(F)c(F)c2)cc(F)c(F)c1F)[N+](CC)(CC)CC.Fc1c[c-]cc(F)c1F. The summed E-state index contributed by atoms with van der Waals surface area (Å²) in [5.74, 6) is -21.4. The predicted molar refractivity (Wildman–Crippen MR) is 217 cm³/mol. The van der Waals surface area contributed by atoms with Gasteiger partial charge in [-0.05, 0) is 27.2 Å². The molecular weight excluding hydrogens is 853 g/mol. The smallest absolute Gasteiger partial charge is 0.489 e. The Bertz CT molecular complexity index is 1900. The summed E-state index contributed by atoms with van der Waals surface area (Å²) in [7, 11) is -2.33. The molecule has 0 saturated carbocycles. The van der Waals surface area contributed by atoms with Gasteiger partial charge < -0.3 is 18.4 Å². The first-order chi connectivity index (χ1) is 30.0. The van der Waals surface area contributed by atoms with E-state index in [-0.39, 0.29) is 10.0 Å². The first-order valence-electron chi connectivity index (χ1n) is 21.4. The second-order valence-electron chi connectivity index (χ2n) is 15.1. The molecule has 348 valence electrons. The molecule has 4 aromatic rings. The van der Waals surface area contributed by atoms with Crippen LogP contribution in [0.4, 0.5) is 52.7 Å². The van der Waals surface area contributed by atoms with E-state index >= 15 is 8.78 Å². The third-order valence-electron chi connectivity index (χ3n) is 11.1. The van der Waals surface area contributed by atoms with Crippen molar-refractivity contribution < 1.29 is 71.1 Å². The third kappa shape index (κ3) is 15.3. The van der Waals surface area contributed by atoms with Crippen molar-refractivity contribution in [3.05, 3.63) is 124 Å². The molecule has 63 heavy (non-hydrogen) atoms. The zero-order valence-corrected chi connectivity index (χ0v) is 35.9. The van der Waals surface area contributed by atoms with E-state index in [0.29, 0.717) is 62.8 Å². The zero-order valence-electron chi connectivity index (χ0n) is 35.9. The lowest BCUT2D eigenvalue weighted by Gasteiger charge is -2.44. The van der Waals surface area contributed by atoms with E-state index in [9.17, 15) is 43.9 Å². The summed E-state index contributed by atoms with van der Waals surface area (Å²) in [6.07, 6.45) is 14.7. The lowest BCUT2D eigenvalue weighted by Crippen LogP contribution is -2.51. The quantitative estimate of drug-likeness (QED) is 0.0166. The summed E-state index contributed by atoms with van der Waals surface area (Å²) >= 11 is 0. The minimum Gasteiger partial charge on any atom is -0.489 e. The zero-order chi connectivity index (χ0) is 46.7. The minimum atomic E-state index is -2.33. The number of nitrogens with zero attached hydrogens (tertiary/aromatic N) is 1. The maximum atomic E-state index is 16.1. The van der Waals surface area contributed by atoms with Gasteiger partial charge in [-0.2, -0.15) is 6.07 Å². The molecule has 17 heteroatoms. The van der Waals surface area contributed by atoms with E-state index in [1.54, 1.807) is 0 Å². The Balaban J connectivity index is 0.00000104. The Morgan fingerprint density at radius 1 is 0.444 bits per heavy atom. The molecule has 1 atom stereocenters. The normalized spacial score (nSPS) is 11.9. The van der Waals surface area contributed by atoms with Crippen LogP contribution < -0.4 is 14.0 Å². The van der Waals surface area contributed by atoms with Crippen molar-refractivity contribution in [3.8, 4) is 17.2 Å². The van der Waals surface area contributed by atoms with Crippen LogP contribution in [0.25, 0.3) is 0 Å². The van der Waals surface area contributed by atoms with Gasteiger partial charge in [-0.15, -0.1) is 12.1 Å². The van der Waals surface area contributed by atoms with Crippen LogP contribution >= 0.6 is 0 Å². The van der Waals surface area contributed by atoms with E-state index in [2.05, 4.69) is 13.0 Å². The van der Waals surface area contributed by atoms with Gasteiger partial charge in [0, 0.05) is 48.4 Å². The van der Waals surface area contributed by atoms with Gasteiger partial charge in [0.05, 0.1) is 31.0 Å². The number of quaternary nitrogens is 1. The highest BCUT2D eigenvalue weighted by Crippen LogP contribution is 2.42. The molecular formula is C46H54BF12NO3. The van der Waals surface area contributed by atoms with Gasteiger partial charge in [0.25, 0.3) is 0 Å². The van der Waals surface area contributed by atoms with Crippen LogP contribution in [0.3, 0.4) is 0 Å². The highest BCUT2D eigenvalue weighted by Gasteiger charge is 2.42. The second kappa shape index (κ2) is 26.3. The van der Waals surface area contributed by atoms with Crippen molar-refractivity contribution in [1.29, 1.82) is 0 Å². The van der Waals surface area contributed by atoms with Crippen LogP contribution in [0.5, 0.6) is 17.2 Å². The van der Waals surface area contributed by atoms with Gasteiger partial charge in [-0.3, -0.25) is 8.78 Å². The van der Waals surface area contributed by atoms with E-state index in [4.69, 9.17) is 14.0 Å². The van der Waals surface area contributed by atoms with Crippen molar-refractivity contribution >= 4 is 7.32 Å². The Hall–Kier alpha value is -4.54. The van der Waals surface area contributed by atoms with Crippen LogP contribution in [-0.4, -0.2) is 31.4 Å². The number of rotatable bonds is 25. The molecule has 0 radical (unpaired) electrons. The molecule has 0 aliphatic heterocycles. The molecule has 0 fully saturated rings. The van der Waals surface area contributed by atoms with Crippen molar-refractivity contribution in [2.24, 2.45) is 0 Å². The van der Waals surface area contributed by atoms with Crippen molar-refractivity contribution in [3.63, 3.8) is 0 Å². The van der Waals surface area contributed by atoms with E-state index in [0.717, 1.165) is 44.2 Å². The lowest BCUT2D eigenvalue weighted by atomic mass is 9.93. The topological polar surface area (TPSA) is 27.7 Å². The molecule has 0 amide bonds. The fourth-order valence-electron chi connectivity index (χ4n) is 7.40. The number of hydrogen-bond donors (Lipinski definition) is 0. The van der Waals surface area contributed by atoms with Crippen LogP contribution in [0.2, 0.25) is 0 Å². The second-order valence-corrected chi connectivity index (χ2v) is 15.1. The van der Waals surface area contributed by atoms with Crippen LogP contribution in [0.1, 0.15) is 129 Å². The highest BCUT2D eigenvalue weighted by atomic mass is 19.2. The Morgan fingerprint density at radius 3 is 1.19 bits per heavy atom. The number of benzene rings is 4. The maximum Gasteiger partial charge on any atom is 0.864 e. The molecule has 0 spiro atoms. The summed E-state index contributed by atoms with van der Waals surface area (Å²) in [5, 5.41) is 0. The number of hydrogen-bond acceptors (Lipinski definition) is 3. The van der Waals surface area contributed by atoms with Gasteiger partial charge in [0.2, 0.25) is 0 Å². The van der Waals surface area contributed by atoms with E-state index in [1.807, 2.05) is 20.8 Å². The maximum absolute atomic E-state index is 16.1. The summed E-state index contributed by atoms with van der Waals surface area (Å²) < 4.78 is 183. The summed E-state index contributed by atoms with van der Waals surface area (Å²) in [5.41, 5.74) is -0.372. The molecule has 4 rings (SSSR count). The molecule has 4 aromatic carbocycles. The number of halogens is 12. The largest absolute Gasteiger partial charge is 0.864 e. The van der Waals surface area contributed by atoms with Crippen molar-refractivity contribution in [1.82, 2.24) is 0 Å². The lowest BCUT2D eigenvalue weighted by molar-refractivity contribution is -0.953. The molecule has 0 aromatic heterocycles. The number of unbranched alkanes of at least 4 members (excludes halogenated alkanes) is 12. The molecule has 0 saturated heterocycles. The van der Waals surface area contributed by atoms with Gasteiger partial charge in [0.1, 0.15) is 23.3 Å². The summed E-state index contributed by atoms with van der Waals surface area (Å²) in [6, 6.07) is 4.92. The molecule has 0 aliphatic rings. The van der Waals surface area contributed by atoms with Crippen molar-refractivity contribution in [2.45, 2.75) is 124 Å². The van der Waals surface area contributed by atoms with Crippen LogP contribution in [0.15, 0.2) is 42.5 Å². The first-order valence-corrected chi connectivity index (χ1v) is 21.4. The molecule has 0 bridgehead atoms. The average Bonchev–Trinajstić information content (AvgIpc) is 3.25.